The molecule has 0 radical (unpaired) electrons. The van der Waals surface area contributed by atoms with Crippen molar-refractivity contribution in [2.75, 3.05) is 21.8 Å². The van der Waals surface area contributed by atoms with Gasteiger partial charge in [-0.05, 0) is 24.6 Å². The number of anilines is 5. The Bertz CT molecular complexity index is 1100. The number of aryl methyl sites for hydroxylation is 1. The summed E-state index contributed by atoms with van der Waals surface area (Å²) in [6.07, 6.45) is 2.48. The molecule has 0 spiro atoms. The number of hydrogen-bond acceptors (Lipinski definition) is 10. The van der Waals surface area contributed by atoms with Crippen molar-refractivity contribution in [1.29, 1.82) is 0 Å². The third-order valence-corrected chi connectivity index (χ3v) is 4.77. The van der Waals surface area contributed by atoms with Crippen molar-refractivity contribution in [3.63, 3.8) is 0 Å². The third-order valence-electron chi connectivity index (χ3n) is 3.54. The van der Waals surface area contributed by atoms with Crippen LogP contribution >= 0.6 is 22.9 Å². The first-order valence-electron chi connectivity index (χ1n) is 8.35. The molecule has 3 rings (SSSR count). The standard InChI is InChI=1S/C17H16ClN9O2S/c1-3-11(28)26-27-16-23-14(19)22-15(24-16)25-17-20-7-10(30-17)13(29)21-12-8(2)5-4-6-9(12)18/h3-7H,1H2,2H3,(H,21,29)(H,26,28)(H4,19,20,22,23,24,25,27). The van der Waals surface area contributed by atoms with Crippen molar-refractivity contribution >= 4 is 63.4 Å². The van der Waals surface area contributed by atoms with Crippen LogP contribution in [0.4, 0.5) is 28.7 Å². The molecule has 0 unspecified atom stereocenters. The zero-order chi connectivity index (χ0) is 21.7. The number of carbonyl (C=O) groups is 2. The fourth-order valence-corrected chi connectivity index (χ4v) is 3.14. The van der Waals surface area contributed by atoms with Crippen LogP contribution in [0.3, 0.4) is 0 Å². The number of nitrogens with zero attached hydrogens (tertiary/aromatic N) is 4. The summed E-state index contributed by atoms with van der Waals surface area (Å²) in [5.41, 5.74) is 11.8. The predicted octanol–water partition coefficient (Wildman–Crippen LogP) is 2.50. The topological polar surface area (TPSA) is 160 Å². The second-order valence-corrected chi connectivity index (χ2v) is 7.14. The number of nitrogens with one attached hydrogen (secondary N) is 4. The summed E-state index contributed by atoms with van der Waals surface area (Å²) >= 11 is 7.22. The first-order valence-corrected chi connectivity index (χ1v) is 9.54. The van der Waals surface area contributed by atoms with Crippen LogP contribution in [0.2, 0.25) is 5.02 Å². The molecule has 0 aliphatic rings. The Balaban J connectivity index is 1.71. The summed E-state index contributed by atoms with van der Waals surface area (Å²) in [7, 11) is 0. The summed E-state index contributed by atoms with van der Waals surface area (Å²) in [4.78, 5) is 40.1. The van der Waals surface area contributed by atoms with Crippen LogP contribution in [0.25, 0.3) is 0 Å². The average molecular weight is 446 g/mol. The van der Waals surface area contributed by atoms with E-state index in [1.54, 1.807) is 12.1 Å². The van der Waals surface area contributed by atoms with E-state index in [1.807, 2.05) is 13.0 Å². The Morgan fingerprint density at radius 2 is 2.00 bits per heavy atom. The van der Waals surface area contributed by atoms with Gasteiger partial charge in [-0.1, -0.05) is 41.6 Å². The van der Waals surface area contributed by atoms with E-state index in [4.69, 9.17) is 17.3 Å². The Kier molecular flexibility index (Phi) is 6.39. The fraction of sp³-hybridized carbons (Fsp3) is 0.0588. The lowest BCUT2D eigenvalue weighted by molar-refractivity contribution is -0.116. The van der Waals surface area contributed by atoms with Gasteiger partial charge in [-0.15, -0.1) is 0 Å². The van der Waals surface area contributed by atoms with Gasteiger partial charge in [0.2, 0.25) is 17.8 Å². The smallest absolute Gasteiger partial charge is 0.267 e. The van der Waals surface area contributed by atoms with Crippen molar-refractivity contribution in [2.24, 2.45) is 0 Å². The van der Waals surface area contributed by atoms with Crippen LogP contribution in [0.5, 0.6) is 0 Å². The first-order chi connectivity index (χ1) is 14.4. The molecule has 154 valence electrons. The zero-order valence-corrected chi connectivity index (χ0v) is 17.1. The summed E-state index contributed by atoms with van der Waals surface area (Å²) in [6, 6.07) is 5.34. The number of carbonyl (C=O) groups excluding carboxylic acids is 2. The molecule has 0 saturated heterocycles. The van der Waals surface area contributed by atoms with E-state index in [2.05, 4.69) is 48.0 Å². The number of rotatable bonds is 7. The maximum absolute atomic E-state index is 12.5. The predicted molar refractivity (Wildman–Crippen MR) is 116 cm³/mol. The van der Waals surface area contributed by atoms with Crippen LogP contribution < -0.4 is 27.2 Å². The van der Waals surface area contributed by atoms with E-state index in [-0.39, 0.29) is 23.8 Å². The molecule has 6 N–H and O–H groups in total. The number of benzene rings is 1. The Labute approximate surface area is 179 Å². The van der Waals surface area contributed by atoms with Gasteiger partial charge < -0.3 is 11.1 Å². The molecule has 0 aliphatic heterocycles. The normalized spacial score (nSPS) is 10.2. The lowest BCUT2D eigenvalue weighted by atomic mass is 10.2. The number of amides is 2. The highest BCUT2D eigenvalue weighted by molar-refractivity contribution is 7.17. The number of thiazole rings is 1. The van der Waals surface area contributed by atoms with Crippen LogP contribution in [-0.2, 0) is 4.79 Å². The van der Waals surface area contributed by atoms with Crippen molar-refractivity contribution in [2.45, 2.75) is 6.92 Å². The monoisotopic (exact) mass is 445 g/mol. The van der Waals surface area contributed by atoms with Gasteiger partial charge in [0.05, 0.1) is 16.9 Å². The molecule has 3 aromatic rings. The van der Waals surface area contributed by atoms with Gasteiger partial charge in [0.15, 0.2) is 5.13 Å². The zero-order valence-electron chi connectivity index (χ0n) is 15.6. The molecule has 2 heterocycles. The minimum atomic E-state index is -0.479. The van der Waals surface area contributed by atoms with Crippen molar-refractivity contribution in [3.8, 4) is 0 Å². The van der Waals surface area contributed by atoms with E-state index in [1.165, 1.54) is 6.20 Å². The quantitative estimate of drug-likeness (QED) is 0.272. The van der Waals surface area contributed by atoms with Crippen molar-refractivity contribution < 1.29 is 9.59 Å². The van der Waals surface area contributed by atoms with Gasteiger partial charge in [0.25, 0.3) is 11.8 Å². The maximum Gasteiger partial charge on any atom is 0.267 e. The maximum atomic E-state index is 12.5. The van der Waals surface area contributed by atoms with Crippen LogP contribution in [0, 0.1) is 6.92 Å². The molecule has 0 saturated carbocycles. The minimum Gasteiger partial charge on any atom is -0.368 e. The highest BCUT2D eigenvalue weighted by Crippen LogP contribution is 2.27. The number of halogens is 1. The molecule has 0 aliphatic carbocycles. The molecule has 0 fully saturated rings. The summed E-state index contributed by atoms with van der Waals surface area (Å²) < 4.78 is 0. The first kappa shape index (κ1) is 21.0. The number of hydrazine groups is 1. The van der Waals surface area contributed by atoms with Gasteiger partial charge >= 0.3 is 0 Å². The lowest BCUT2D eigenvalue weighted by Gasteiger charge is -2.09. The van der Waals surface area contributed by atoms with Gasteiger partial charge in [-0.2, -0.15) is 15.0 Å². The highest BCUT2D eigenvalue weighted by Gasteiger charge is 2.15. The van der Waals surface area contributed by atoms with E-state index < -0.39 is 5.91 Å². The van der Waals surface area contributed by atoms with Gasteiger partial charge in [-0.25, -0.2) is 4.98 Å². The molecule has 11 nitrogen and oxygen atoms in total. The van der Waals surface area contributed by atoms with Crippen LogP contribution in [0.15, 0.2) is 37.1 Å². The second kappa shape index (κ2) is 9.15. The minimum absolute atomic E-state index is 0.00363. The largest absolute Gasteiger partial charge is 0.368 e. The van der Waals surface area contributed by atoms with Gasteiger partial charge in [-0.3, -0.25) is 25.8 Å². The summed E-state index contributed by atoms with van der Waals surface area (Å²) in [5.74, 6) is -0.856. The summed E-state index contributed by atoms with van der Waals surface area (Å²) in [5, 5.41) is 6.40. The molecule has 30 heavy (non-hydrogen) atoms. The molecule has 2 aromatic heterocycles. The van der Waals surface area contributed by atoms with E-state index in [0.29, 0.717) is 20.7 Å². The van der Waals surface area contributed by atoms with Gasteiger partial charge in [0.1, 0.15) is 4.88 Å². The number of hydrogen-bond donors (Lipinski definition) is 5. The third kappa shape index (κ3) is 5.18. The summed E-state index contributed by atoms with van der Waals surface area (Å²) in [6.45, 7) is 5.17. The Hall–Kier alpha value is -3.77. The number of para-hydroxylation sites is 1. The Morgan fingerprint density at radius 1 is 1.23 bits per heavy atom. The molecule has 2 amide bonds. The number of aromatic nitrogens is 4. The van der Waals surface area contributed by atoms with Crippen LogP contribution in [0.1, 0.15) is 15.2 Å². The van der Waals surface area contributed by atoms with Crippen molar-refractivity contribution in [3.05, 3.63) is 52.5 Å². The number of nitrogens with two attached hydrogens (primary N) is 1. The average Bonchev–Trinajstić information content (AvgIpc) is 3.17. The lowest BCUT2D eigenvalue weighted by Crippen LogP contribution is -2.28. The Morgan fingerprint density at radius 3 is 2.73 bits per heavy atom. The molecule has 13 heteroatoms. The van der Waals surface area contributed by atoms with E-state index >= 15 is 0 Å². The SMILES string of the molecule is C=CC(=O)NNc1nc(N)nc(Nc2ncc(C(=O)Nc3c(C)cccc3Cl)s2)n1. The highest BCUT2D eigenvalue weighted by atomic mass is 35.5. The second-order valence-electron chi connectivity index (χ2n) is 5.70. The fourth-order valence-electron chi connectivity index (χ4n) is 2.17. The molecule has 1 aromatic carbocycles. The van der Waals surface area contributed by atoms with Crippen LogP contribution in [-0.4, -0.2) is 31.8 Å². The van der Waals surface area contributed by atoms with E-state index in [9.17, 15) is 9.59 Å². The van der Waals surface area contributed by atoms with Crippen molar-refractivity contribution in [1.82, 2.24) is 25.4 Å². The molecular formula is C17H16ClN9O2S. The molecular weight excluding hydrogens is 430 g/mol. The molecule has 0 atom stereocenters. The van der Waals surface area contributed by atoms with E-state index in [0.717, 1.165) is 23.0 Å². The number of nitrogen functional groups attached to an aromatic ring is 1. The molecule has 0 bridgehead atoms. The van der Waals surface area contributed by atoms with Gasteiger partial charge in [0, 0.05) is 0 Å².